The average molecular weight is 379 g/mol. The highest BCUT2D eigenvalue weighted by Gasteiger charge is 2.12. The third-order valence-corrected chi connectivity index (χ3v) is 4.60. The normalized spacial score (nSPS) is 11.0. The Morgan fingerprint density at radius 1 is 1.37 bits per heavy atom. The van der Waals surface area contributed by atoms with Crippen LogP contribution in [0.1, 0.15) is 10.6 Å². The Balaban J connectivity index is 1.94. The van der Waals surface area contributed by atoms with Crippen LogP contribution < -0.4 is 4.74 Å². The summed E-state index contributed by atoms with van der Waals surface area (Å²) in [5.74, 6) is 0.313. The molecule has 0 saturated carbocycles. The monoisotopic (exact) mass is 379 g/mol. The van der Waals surface area contributed by atoms with Gasteiger partial charge in [0.25, 0.3) is 5.69 Å². The van der Waals surface area contributed by atoms with Crippen molar-refractivity contribution in [1.29, 1.82) is 5.26 Å². The van der Waals surface area contributed by atoms with Crippen molar-refractivity contribution in [2.24, 2.45) is 0 Å². The molecule has 8 heteroatoms. The van der Waals surface area contributed by atoms with Crippen molar-refractivity contribution in [3.05, 3.63) is 68.5 Å². The predicted molar refractivity (Wildman–Crippen MR) is 102 cm³/mol. The number of nitriles is 1. The molecule has 1 N–H and O–H groups in total. The van der Waals surface area contributed by atoms with E-state index in [9.17, 15) is 20.5 Å². The molecule has 0 saturated heterocycles. The number of nitro groups is 1. The minimum atomic E-state index is -0.465. The SMILES string of the molecule is COc1ccc(C=C(C#N)c2nc(-c3cccc([N+](=O)[O-])c3)cs2)cc1O. The summed E-state index contributed by atoms with van der Waals surface area (Å²) in [7, 11) is 1.45. The summed E-state index contributed by atoms with van der Waals surface area (Å²) < 4.78 is 5.00. The second kappa shape index (κ2) is 7.68. The van der Waals surface area contributed by atoms with E-state index in [1.165, 1.54) is 36.6 Å². The maximum atomic E-state index is 10.9. The Labute approximate surface area is 158 Å². The van der Waals surface area contributed by atoms with Crippen molar-refractivity contribution >= 4 is 28.7 Å². The maximum absolute atomic E-state index is 10.9. The molecular formula is C19H13N3O4S. The number of phenolic OH excluding ortho intramolecular Hbond substituents is 1. The van der Waals surface area contributed by atoms with Gasteiger partial charge in [0.1, 0.15) is 11.1 Å². The van der Waals surface area contributed by atoms with E-state index in [0.29, 0.717) is 33.2 Å². The van der Waals surface area contributed by atoms with Crippen LogP contribution in [0.4, 0.5) is 5.69 Å². The van der Waals surface area contributed by atoms with E-state index < -0.39 is 4.92 Å². The number of aromatic nitrogens is 1. The molecule has 27 heavy (non-hydrogen) atoms. The van der Waals surface area contributed by atoms with Gasteiger partial charge in [0, 0.05) is 23.1 Å². The van der Waals surface area contributed by atoms with Crippen molar-refractivity contribution < 1.29 is 14.8 Å². The van der Waals surface area contributed by atoms with Crippen LogP contribution in [-0.2, 0) is 0 Å². The molecule has 3 rings (SSSR count). The van der Waals surface area contributed by atoms with Gasteiger partial charge in [-0.15, -0.1) is 11.3 Å². The van der Waals surface area contributed by atoms with E-state index >= 15 is 0 Å². The van der Waals surface area contributed by atoms with E-state index in [1.807, 2.05) is 0 Å². The van der Waals surface area contributed by atoms with Crippen molar-refractivity contribution in [2.75, 3.05) is 7.11 Å². The smallest absolute Gasteiger partial charge is 0.270 e. The number of rotatable bonds is 5. The first kappa shape index (κ1) is 18.1. The number of thiazole rings is 1. The lowest BCUT2D eigenvalue weighted by Crippen LogP contribution is -1.88. The molecule has 3 aromatic rings. The summed E-state index contributed by atoms with van der Waals surface area (Å²) in [6.07, 6.45) is 1.61. The van der Waals surface area contributed by atoms with Gasteiger partial charge in [0.05, 0.1) is 23.3 Å². The molecule has 134 valence electrons. The van der Waals surface area contributed by atoms with E-state index in [0.717, 1.165) is 0 Å². The lowest BCUT2D eigenvalue weighted by atomic mass is 10.1. The Bertz CT molecular complexity index is 1080. The third kappa shape index (κ3) is 3.94. The van der Waals surface area contributed by atoms with Gasteiger partial charge in [-0.25, -0.2) is 4.98 Å². The van der Waals surface area contributed by atoms with Gasteiger partial charge in [-0.1, -0.05) is 18.2 Å². The fourth-order valence-corrected chi connectivity index (χ4v) is 3.21. The minimum Gasteiger partial charge on any atom is -0.504 e. The zero-order chi connectivity index (χ0) is 19.4. The zero-order valence-electron chi connectivity index (χ0n) is 14.1. The quantitative estimate of drug-likeness (QED) is 0.397. The third-order valence-electron chi connectivity index (χ3n) is 3.72. The number of aromatic hydroxyl groups is 1. The van der Waals surface area contributed by atoms with E-state index in [1.54, 1.807) is 35.7 Å². The summed E-state index contributed by atoms with van der Waals surface area (Å²) in [5.41, 5.74) is 2.08. The second-order valence-electron chi connectivity index (χ2n) is 5.45. The van der Waals surface area contributed by atoms with Crippen molar-refractivity contribution in [3.63, 3.8) is 0 Å². The number of nitrogens with zero attached hydrogens (tertiary/aromatic N) is 3. The first-order valence-corrected chi connectivity index (χ1v) is 8.59. The first-order valence-electron chi connectivity index (χ1n) is 7.71. The van der Waals surface area contributed by atoms with Crippen LogP contribution in [0, 0.1) is 21.4 Å². The molecule has 7 nitrogen and oxygen atoms in total. The number of benzene rings is 2. The van der Waals surface area contributed by atoms with Gasteiger partial charge in [0.15, 0.2) is 11.5 Å². The van der Waals surface area contributed by atoms with Crippen molar-refractivity contribution in [2.45, 2.75) is 0 Å². The standard InChI is InChI=1S/C19H13N3O4S/c1-26-18-6-5-12(8-17(18)23)7-14(10-20)19-21-16(11-27-19)13-3-2-4-15(9-13)22(24)25/h2-9,11,23H,1H3. The van der Waals surface area contributed by atoms with Crippen LogP contribution in [-0.4, -0.2) is 22.1 Å². The number of hydrogen-bond acceptors (Lipinski definition) is 7. The second-order valence-corrected chi connectivity index (χ2v) is 6.30. The van der Waals surface area contributed by atoms with Crippen LogP contribution >= 0.6 is 11.3 Å². The number of methoxy groups -OCH3 is 1. The molecular weight excluding hydrogens is 366 g/mol. The van der Waals surface area contributed by atoms with Gasteiger partial charge in [0.2, 0.25) is 0 Å². The Kier molecular flexibility index (Phi) is 5.15. The summed E-state index contributed by atoms with van der Waals surface area (Å²) in [6, 6.07) is 13.1. The molecule has 0 bridgehead atoms. The Morgan fingerprint density at radius 3 is 2.85 bits per heavy atom. The van der Waals surface area contributed by atoms with Crippen molar-refractivity contribution in [3.8, 4) is 28.8 Å². The van der Waals surface area contributed by atoms with Crippen LogP contribution in [0.2, 0.25) is 0 Å². The fraction of sp³-hybridized carbons (Fsp3) is 0.0526. The highest BCUT2D eigenvalue weighted by Crippen LogP contribution is 2.31. The van der Waals surface area contributed by atoms with Gasteiger partial charge >= 0.3 is 0 Å². The van der Waals surface area contributed by atoms with E-state index in [-0.39, 0.29) is 11.4 Å². The van der Waals surface area contributed by atoms with E-state index in [4.69, 9.17) is 4.74 Å². The highest BCUT2D eigenvalue weighted by atomic mass is 32.1. The van der Waals surface area contributed by atoms with Crippen LogP contribution in [0.15, 0.2) is 47.8 Å². The van der Waals surface area contributed by atoms with Crippen molar-refractivity contribution in [1.82, 2.24) is 4.98 Å². The number of phenols is 1. The fourth-order valence-electron chi connectivity index (χ4n) is 2.41. The number of nitro benzene ring substituents is 1. The Hall–Kier alpha value is -3.70. The molecule has 0 aliphatic rings. The predicted octanol–water partition coefficient (Wildman–Crippen LogP) is 4.50. The van der Waals surface area contributed by atoms with Gasteiger partial charge < -0.3 is 9.84 Å². The first-order chi connectivity index (χ1) is 13.0. The number of non-ortho nitro benzene ring substituents is 1. The van der Waals surface area contributed by atoms with Crippen LogP contribution in [0.25, 0.3) is 22.9 Å². The van der Waals surface area contributed by atoms with Crippen LogP contribution in [0.5, 0.6) is 11.5 Å². The lowest BCUT2D eigenvalue weighted by Gasteiger charge is -2.03. The maximum Gasteiger partial charge on any atom is 0.270 e. The summed E-state index contributed by atoms with van der Waals surface area (Å²) in [6.45, 7) is 0. The molecule has 0 fully saturated rings. The van der Waals surface area contributed by atoms with Gasteiger partial charge in [-0.05, 0) is 23.8 Å². The lowest BCUT2D eigenvalue weighted by molar-refractivity contribution is -0.384. The highest BCUT2D eigenvalue weighted by molar-refractivity contribution is 7.11. The molecule has 0 spiro atoms. The molecule has 0 amide bonds. The Morgan fingerprint density at radius 2 is 2.19 bits per heavy atom. The molecule has 0 unspecified atom stereocenters. The number of allylic oxidation sites excluding steroid dienone is 1. The van der Waals surface area contributed by atoms with Gasteiger partial charge in [-0.2, -0.15) is 5.26 Å². The minimum absolute atomic E-state index is 0.0215. The molecule has 0 aliphatic carbocycles. The average Bonchev–Trinajstić information content (AvgIpc) is 3.16. The topological polar surface area (TPSA) is 109 Å². The molecule has 0 radical (unpaired) electrons. The molecule has 2 aromatic carbocycles. The summed E-state index contributed by atoms with van der Waals surface area (Å²) in [5, 5.41) is 32.5. The summed E-state index contributed by atoms with van der Waals surface area (Å²) >= 11 is 1.26. The molecule has 0 aliphatic heterocycles. The van der Waals surface area contributed by atoms with Gasteiger partial charge in [-0.3, -0.25) is 10.1 Å². The molecule has 1 heterocycles. The largest absolute Gasteiger partial charge is 0.504 e. The zero-order valence-corrected chi connectivity index (χ0v) is 14.9. The number of hydrogen-bond donors (Lipinski definition) is 1. The van der Waals surface area contributed by atoms with E-state index in [2.05, 4.69) is 11.1 Å². The molecule has 1 aromatic heterocycles. The summed E-state index contributed by atoms with van der Waals surface area (Å²) in [4.78, 5) is 14.9. The van der Waals surface area contributed by atoms with Crippen LogP contribution in [0.3, 0.4) is 0 Å². The number of ether oxygens (including phenoxy) is 1. The molecule has 0 atom stereocenters.